The smallest absolute Gasteiger partial charge is 0.140 e. The fraction of sp³-hybridized carbons (Fsp3) is 0.345. The summed E-state index contributed by atoms with van der Waals surface area (Å²) in [6.07, 6.45) is 2.30. The molecule has 3 aromatic carbocycles. The van der Waals surface area contributed by atoms with Crippen molar-refractivity contribution in [1.82, 2.24) is 0 Å². The maximum atomic E-state index is 14.2. The lowest BCUT2D eigenvalue weighted by molar-refractivity contribution is -0.128. The van der Waals surface area contributed by atoms with Crippen LogP contribution in [0.4, 0.5) is 0 Å². The average molecular weight is 459 g/mol. The summed E-state index contributed by atoms with van der Waals surface area (Å²) in [4.78, 5) is 14.2. The van der Waals surface area contributed by atoms with Gasteiger partial charge in [-0.15, -0.1) is 0 Å². The van der Waals surface area contributed by atoms with Crippen LogP contribution in [0.15, 0.2) is 91.0 Å². The monoisotopic (exact) mass is 458 g/mol. The molecule has 1 fully saturated rings. The Morgan fingerprint density at radius 3 is 1.94 bits per heavy atom. The molecule has 0 amide bonds. The minimum Gasteiger partial charge on any atom is -0.394 e. The van der Waals surface area contributed by atoms with E-state index in [1.54, 1.807) is 0 Å². The molecule has 0 radical (unpaired) electrons. The third-order valence-electron chi connectivity index (χ3n) is 7.56. The summed E-state index contributed by atoms with van der Waals surface area (Å²) in [5.41, 5.74) is 0.591. The zero-order valence-corrected chi connectivity index (χ0v) is 20.6. The number of carbonyl (C=O) groups is 1. The van der Waals surface area contributed by atoms with Gasteiger partial charge < -0.3 is 9.84 Å². The largest absolute Gasteiger partial charge is 0.394 e. The molecule has 1 N–H and O–H groups in total. The van der Waals surface area contributed by atoms with E-state index in [1.165, 1.54) is 15.9 Å². The van der Waals surface area contributed by atoms with Crippen LogP contribution in [0.3, 0.4) is 0 Å². The molecule has 0 saturated heterocycles. The Morgan fingerprint density at radius 1 is 0.909 bits per heavy atom. The first-order valence-electron chi connectivity index (χ1n) is 11.9. The highest BCUT2D eigenvalue weighted by Crippen LogP contribution is 2.48. The normalized spacial score (nSPS) is 23.1. The Bertz CT molecular complexity index is 999. The lowest BCUT2D eigenvalue weighted by atomic mass is 9.87. The van der Waals surface area contributed by atoms with Gasteiger partial charge in [0, 0.05) is 11.5 Å². The van der Waals surface area contributed by atoms with Gasteiger partial charge in [0.15, 0.2) is 0 Å². The van der Waals surface area contributed by atoms with Crippen molar-refractivity contribution in [1.29, 1.82) is 0 Å². The topological polar surface area (TPSA) is 46.5 Å². The van der Waals surface area contributed by atoms with E-state index in [4.69, 9.17) is 4.74 Å². The number of carbonyl (C=O) groups excluding carboxylic acids is 1. The van der Waals surface area contributed by atoms with Gasteiger partial charge >= 0.3 is 0 Å². The van der Waals surface area contributed by atoms with E-state index in [9.17, 15) is 9.90 Å². The van der Waals surface area contributed by atoms with Crippen LogP contribution >= 0.6 is 0 Å². The summed E-state index contributed by atoms with van der Waals surface area (Å²) < 4.78 is 6.26. The molecule has 33 heavy (non-hydrogen) atoms. The predicted molar refractivity (Wildman–Crippen MR) is 137 cm³/mol. The highest BCUT2D eigenvalue weighted by Gasteiger charge is 2.57. The van der Waals surface area contributed by atoms with Crippen molar-refractivity contribution in [2.24, 2.45) is 5.92 Å². The van der Waals surface area contributed by atoms with E-state index < -0.39 is 13.7 Å². The van der Waals surface area contributed by atoms with Gasteiger partial charge in [0.25, 0.3) is 0 Å². The second-order valence-electron chi connectivity index (χ2n) is 9.56. The van der Waals surface area contributed by atoms with E-state index in [2.05, 4.69) is 74.1 Å². The van der Waals surface area contributed by atoms with Crippen molar-refractivity contribution in [2.45, 2.75) is 43.9 Å². The molecular weight excluding hydrogens is 424 g/mol. The lowest BCUT2D eigenvalue weighted by Crippen LogP contribution is -2.60. The standard InChI is InChI=1S/C29H34O3Si/c1-29(32-21-20-30)22-27(28(31)26(29)19-18-23-12-6-3-7-13-23)33(2,24-14-8-4-9-15-24)25-16-10-5-11-17-25/h3-17,26-27,30H,18-22H2,1-2H3. The molecule has 0 spiro atoms. The molecule has 172 valence electrons. The first-order chi connectivity index (χ1) is 16.0. The molecule has 4 heteroatoms. The zero-order valence-electron chi connectivity index (χ0n) is 19.6. The molecule has 3 nitrogen and oxygen atoms in total. The second kappa shape index (κ2) is 10.2. The van der Waals surface area contributed by atoms with Gasteiger partial charge in [-0.25, -0.2) is 0 Å². The predicted octanol–water partition coefficient (Wildman–Crippen LogP) is 4.24. The molecule has 0 aliphatic heterocycles. The summed E-state index contributed by atoms with van der Waals surface area (Å²) in [6.45, 7) is 4.65. The highest BCUT2D eigenvalue weighted by molar-refractivity contribution is 7.04. The molecular formula is C29H34O3Si. The molecule has 0 bridgehead atoms. The van der Waals surface area contributed by atoms with Crippen LogP contribution < -0.4 is 10.4 Å². The van der Waals surface area contributed by atoms with E-state index in [1.807, 2.05) is 30.3 Å². The molecule has 3 atom stereocenters. The average Bonchev–Trinajstić information content (AvgIpc) is 3.13. The Balaban J connectivity index is 1.72. The van der Waals surface area contributed by atoms with Crippen LogP contribution in [0.25, 0.3) is 0 Å². The quantitative estimate of drug-likeness (QED) is 0.488. The number of rotatable bonds is 9. The summed E-state index contributed by atoms with van der Waals surface area (Å²) >= 11 is 0. The number of ether oxygens (including phenoxy) is 1. The van der Waals surface area contributed by atoms with Crippen LogP contribution in [-0.2, 0) is 16.0 Å². The van der Waals surface area contributed by atoms with Gasteiger partial charge in [-0.1, -0.05) is 108 Å². The Morgan fingerprint density at radius 2 is 1.42 bits per heavy atom. The van der Waals surface area contributed by atoms with Crippen LogP contribution in [0.5, 0.6) is 0 Å². The third-order valence-corrected chi connectivity index (χ3v) is 12.5. The van der Waals surface area contributed by atoms with Crippen LogP contribution in [0.2, 0.25) is 12.1 Å². The van der Waals surface area contributed by atoms with Crippen LogP contribution in [0, 0.1) is 5.92 Å². The maximum Gasteiger partial charge on any atom is 0.140 e. The highest BCUT2D eigenvalue weighted by atomic mass is 28.3. The van der Waals surface area contributed by atoms with Crippen molar-refractivity contribution >= 4 is 24.2 Å². The number of benzene rings is 3. The minimum absolute atomic E-state index is 0.0358. The van der Waals surface area contributed by atoms with E-state index >= 15 is 0 Å². The third kappa shape index (κ3) is 4.74. The zero-order chi connectivity index (χ0) is 23.3. The Kier molecular flexibility index (Phi) is 7.28. The molecule has 3 unspecified atom stereocenters. The number of hydrogen-bond donors (Lipinski definition) is 1. The number of aliphatic hydroxyl groups is 1. The molecule has 0 heterocycles. The van der Waals surface area contributed by atoms with Gasteiger partial charge in [-0.05, 0) is 31.7 Å². The van der Waals surface area contributed by atoms with Crippen LogP contribution in [-0.4, -0.2) is 37.8 Å². The van der Waals surface area contributed by atoms with Crippen molar-refractivity contribution in [3.05, 3.63) is 96.6 Å². The van der Waals surface area contributed by atoms with Gasteiger partial charge in [-0.3, -0.25) is 4.79 Å². The molecule has 1 saturated carbocycles. The molecule has 0 aromatic heterocycles. The van der Waals surface area contributed by atoms with E-state index in [-0.39, 0.29) is 24.7 Å². The second-order valence-corrected chi connectivity index (χ2v) is 13.8. The van der Waals surface area contributed by atoms with Crippen molar-refractivity contribution in [3.8, 4) is 0 Å². The SMILES string of the molecule is CC1(OCCO)CC([Si](C)(c2ccccc2)c2ccccc2)C(=O)C1CCc1ccccc1. The fourth-order valence-electron chi connectivity index (χ4n) is 5.66. The number of aliphatic hydroxyl groups excluding tert-OH is 1. The van der Waals surface area contributed by atoms with Gasteiger partial charge in [-0.2, -0.15) is 0 Å². The van der Waals surface area contributed by atoms with Crippen molar-refractivity contribution in [2.75, 3.05) is 13.2 Å². The molecule has 1 aliphatic rings. The molecule has 3 aromatic rings. The number of hydrogen-bond acceptors (Lipinski definition) is 3. The summed E-state index contributed by atoms with van der Waals surface area (Å²) in [6, 6.07) is 31.5. The number of Topliss-reactive ketones (excluding diaryl/α,β-unsaturated/α-hetero) is 1. The summed E-state index contributed by atoms with van der Waals surface area (Å²) in [5, 5.41) is 12.0. The Labute approximate surface area is 198 Å². The first-order valence-corrected chi connectivity index (χ1v) is 14.5. The first kappa shape index (κ1) is 23.6. The van der Waals surface area contributed by atoms with Crippen LogP contribution in [0.1, 0.15) is 25.3 Å². The lowest BCUT2D eigenvalue weighted by Gasteiger charge is -2.35. The van der Waals surface area contributed by atoms with Gasteiger partial charge in [0.05, 0.1) is 18.8 Å². The summed E-state index contributed by atoms with van der Waals surface area (Å²) in [7, 11) is -2.40. The Hall–Kier alpha value is -2.53. The molecule has 1 aliphatic carbocycles. The number of ketones is 1. The van der Waals surface area contributed by atoms with Gasteiger partial charge in [0.1, 0.15) is 13.9 Å². The number of aryl methyl sites for hydroxylation is 1. The maximum absolute atomic E-state index is 14.2. The molecule has 4 rings (SSSR count). The van der Waals surface area contributed by atoms with Crippen molar-refractivity contribution in [3.63, 3.8) is 0 Å². The fourth-order valence-corrected chi connectivity index (χ4v) is 10.2. The van der Waals surface area contributed by atoms with Gasteiger partial charge in [0.2, 0.25) is 0 Å². The van der Waals surface area contributed by atoms with Crippen molar-refractivity contribution < 1.29 is 14.6 Å². The van der Waals surface area contributed by atoms with E-state index in [0.717, 1.165) is 12.8 Å². The summed E-state index contributed by atoms with van der Waals surface area (Å²) in [5.74, 6) is 0.141. The van der Waals surface area contributed by atoms with E-state index in [0.29, 0.717) is 12.2 Å². The minimum atomic E-state index is -2.40.